The molecule has 0 fully saturated rings. The van der Waals surface area contributed by atoms with Gasteiger partial charge < -0.3 is 20.1 Å². The Morgan fingerprint density at radius 1 is 0.516 bits per heavy atom. The van der Waals surface area contributed by atoms with Crippen LogP contribution in [-0.4, -0.2) is 33.1 Å². The highest BCUT2D eigenvalue weighted by Gasteiger charge is 2.30. The van der Waals surface area contributed by atoms with Gasteiger partial charge in [0.2, 0.25) is 0 Å². The van der Waals surface area contributed by atoms with Gasteiger partial charge in [0.15, 0.2) is 0 Å². The summed E-state index contributed by atoms with van der Waals surface area (Å²) < 4.78 is 5.44. The van der Waals surface area contributed by atoms with Crippen molar-refractivity contribution in [2.24, 2.45) is 5.92 Å². The number of hydrogen-bond acceptors (Lipinski definition) is 7. The second-order valence-corrected chi connectivity index (χ2v) is 25.9. The second kappa shape index (κ2) is 21.5. The van der Waals surface area contributed by atoms with E-state index in [0.29, 0.717) is 30.3 Å². The lowest BCUT2D eigenvalue weighted by Crippen LogP contribution is -2.22. The zero-order chi connectivity index (χ0) is 48.0. The van der Waals surface area contributed by atoms with Gasteiger partial charge in [-0.05, 0) is 101 Å². The number of thiol groups is 1. The van der Waals surface area contributed by atoms with Crippen molar-refractivity contribution in [2.45, 2.75) is 220 Å². The Bertz CT molecular complexity index is 1750. The van der Waals surface area contributed by atoms with Crippen molar-refractivity contribution in [2.75, 3.05) is 6.61 Å². The number of phenols is 3. The summed E-state index contributed by atoms with van der Waals surface area (Å²) in [6, 6.07) is 12.7. The number of benzene rings is 3. The van der Waals surface area contributed by atoms with Gasteiger partial charge in [-0.1, -0.05) is 194 Å². The highest BCUT2D eigenvalue weighted by Crippen LogP contribution is 2.43. The second-order valence-electron chi connectivity index (χ2n) is 24.2. The maximum absolute atomic E-state index is 12.4. The summed E-state index contributed by atoms with van der Waals surface area (Å²) in [5.74, 6) is 3.44. The molecular formula is C55H88O5S2. The summed E-state index contributed by atoms with van der Waals surface area (Å²) >= 11 is 6.39. The maximum atomic E-state index is 12.4. The fourth-order valence-electron chi connectivity index (χ4n) is 7.49. The molecule has 7 heteroatoms. The van der Waals surface area contributed by atoms with Gasteiger partial charge in [0, 0.05) is 11.5 Å². The first-order chi connectivity index (χ1) is 28.0. The van der Waals surface area contributed by atoms with E-state index in [9.17, 15) is 20.1 Å². The van der Waals surface area contributed by atoms with Gasteiger partial charge in [0.1, 0.15) is 22.5 Å². The molecule has 350 valence electrons. The molecule has 0 aliphatic heterocycles. The molecule has 0 radical (unpaired) electrons. The van der Waals surface area contributed by atoms with Crippen molar-refractivity contribution >= 4 is 30.4 Å². The molecule has 1 atom stereocenters. The number of thioether (sulfide) groups is 1. The van der Waals surface area contributed by atoms with E-state index in [1.165, 1.54) is 24.0 Å². The topological polar surface area (TPSA) is 87.0 Å². The van der Waals surface area contributed by atoms with Crippen LogP contribution in [0.25, 0.3) is 0 Å². The molecule has 3 rings (SSSR count). The fourth-order valence-corrected chi connectivity index (χ4v) is 8.68. The Morgan fingerprint density at radius 2 is 0.806 bits per heavy atom. The van der Waals surface area contributed by atoms with Gasteiger partial charge in [-0.3, -0.25) is 4.79 Å². The van der Waals surface area contributed by atoms with Crippen molar-refractivity contribution < 1.29 is 24.9 Å². The highest BCUT2D eigenvalue weighted by atomic mass is 32.2. The normalized spacial score (nSPS) is 13.5. The van der Waals surface area contributed by atoms with E-state index in [2.05, 4.69) is 175 Å². The fraction of sp³-hybridized carbons (Fsp3) is 0.655. The van der Waals surface area contributed by atoms with Crippen molar-refractivity contribution in [3.63, 3.8) is 0 Å². The molecule has 0 amide bonds. The number of rotatable bonds is 13. The Balaban J connectivity index is 0.000000431. The van der Waals surface area contributed by atoms with Gasteiger partial charge in [-0.25, -0.2) is 0 Å². The van der Waals surface area contributed by atoms with Crippen molar-refractivity contribution in [3.8, 4) is 17.2 Å². The van der Waals surface area contributed by atoms with Crippen LogP contribution in [0.4, 0.5) is 0 Å². The molecular weight excluding hydrogens is 805 g/mol. The molecule has 62 heavy (non-hydrogen) atoms. The number of ether oxygens (including phenoxy) is 1. The third-order valence-corrected chi connectivity index (χ3v) is 12.7. The van der Waals surface area contributed by atoms with Crippen LogP contribution in [0.2, 0.25) is 0 Å². The molecule has 3 aromatic rings. The number of carbonyl (C=O) groups is 1. The smallest absolute Gasteiger partial charge is 0.319 e. The summed E-state index contributed by atoms with van der Waals surface area (Å²) in [6.45, 7) is 43.3. The van der Waals surface area contributed by atoms with Crippen LogP contribution < -0.4 is 0 Å². The number of carbonyl (C=O) groups excluding carboxylic acids is 1. The number of phenolic OH excluding ortho intramolecular Hbond substituents is 3. The van der Waals surface area contributed by atoms with Crippen LogP contribution in [0.3, 0.4) is 0 Å². The number of unbranched alkanes of at least 4 members (excludes halogenated alkanes) is 2. The Morgan fingerprint density at radius 3 is 1.08 bits per heavy atom. The van der Waals surface area contributed by atoms with Crippen molar-refractivity contribution in [1.29, 1.82) is 0 Å². The predicted molar refractivity (Wildman–Crippen MR) is 272 cm³/mol. The lowest BCUT2D eigenvalue weighted by molar-refractivity contribution is -0.143. The molecule has 5 nitrogen and oxygen atoms in total. The largest absolute Gasteiger partial charge is 0.507 e. The molecule has 1 unspecified atom stereocenters. The van der Waals surface area contributed by atoms with Crippen LogP contribution in [0.5, 0.6) is 17.2 Å². The SMILES string of the molecule is CC(C)(C)c1cc(CSCc2cc(C(C)(C)C)c(O)c(C(C)(C)C)c2)cc(C(C)(C)C)c1O.CC(C)CCCCCOC(=O)C(S)Cc1cc(C(C)(C)C)c(O)c(C(C)(C)C)c1. The average Bonchev–Trinajstić information content (AvgIpc) is 3.08. The standard InChI is InChI=1S/C30H46O2S.C25H42O3S/c1-27(2,3)21-13-19(14-22(25(21)31)28(4,5)6)17-33-18-20-15-23(29(7,8)9)26(32)24(16-20)30(10,11)12;1-17(2)12-10-9-11-13-28-23(27)21(29)16-18-14-19(24(3,4)5)22(26)20(15-18)25(6,7)8/h13-16,31-32H,17-18H2,1-12H3;14-15,17,21,26,29H,9-13,16H2,1-8H3. The Hall–Kier alpha value is -2.77. The molecule has 3 aromatic carbocycles. The summed E-state index contributed by atoms with van der Waals surface area (Å²) in [5, 5.41) is 32.3. The minimum atomic E-state index is -0.504. The molecule has 0 heterocycles. The van der Waals surface area contributed by atoms with E-state index < -0.39 is 5.25 Å². The number of esters is 1. The Labute approximate surface area is 389 Å². The van der Waals surface area contributed by atoms with Crippen molar-refractivity contribution in [1.82, 2.24) is 0 Å². The molecule has 0 saturated heterocycles. The van der Waals surface area contributed by atoms with E-state index in [0.717, 1.165) is 69.2 Å². The average molecular weight is 893 g/mol. The van der Waals surface area contributed by atoms with Gasteiger partial charge in [-0.15, -0.1) is 0 Å². The number of hydrogen-bond donors (Lipinski definition) is 4. The minimum absolute atomic E-state index is 0.120. The first-order valence-electron chi connectivity index (χ1n) is 23.0. The van der Waals surface area contributed by atoms with Crippen molar-refractivity contribution in [3.05, 3.63) is 86.5 Å². The van der Waals surface area contributed by atoms with Gasteiger partial charge in [0.25, 0.3) is 0 Å². The van der Waals surface area contributed by atoms with Gasteiger partial charge in [-0.2, -0.15) is 24.4 Å². The molecule has 3 N–H and O–H groups in total. The molecule has 0 aromatic heterocycles. The van der Waals surface area contributed by atoms with Crippen LogP contribution in [0, 0.1) is 5.92 Å². The summed E-state index contributed by atoms with van der Waals surface area (Å²) in [7, 11) is 0. The monoisotopic (exact) mass is 893 g/mol. The minimum Gasteiger partial charge on any atom is -0.507 e. The lowest BCUT2D eigenvalue weighted by Gasteiger charge is -2.28. The van der Waals surface area contributed by atoms with Crippen LogP contribution in [-0.2, 0) is 59.9 Å². The third-order valence-electron chi connectivity index (χ3n) is 11.3. The van der Waals surface area contributed by atoms with E-state index in [1.807, 2.05) is 23.9 Å². The van der Waals surface area contributed by atoms with Gasteiger partial charge in [0.05, 0.1) is 6.61 Å². The highest BCUT2D eigenvalue weighted by molar-refractivity contribution is 7.97. The first kappa shape index (κ1) is 55.4. The maximum Gasteiger partial charge on any atom is 0.319 e. The molecule has 0 saturated carbocycles. The molecule has 0 bridgehead atoms. The lowest BCUT2D eigenvalue weighted by atomic mass is 9.78. The molecule has 0 aliphatic rings. The van der Waals surface area contributed by atoms with Crippen LogP contribution in [0.15, 0.2) is 36.4 Å². The molecule has 0 spiro atoms. The first-order valence-corrected chi connectivity index (χ1v) is 24.7. The predicted octanol–water partition coefficient (Wildman–Crippen LogP) is 15.3. The number of aromatic hydroxyl groups is 3. The van der Waals surface area contributed by atoms with E-state index >= 15 is 0 Å². The Kier molecular flexibility index (Phi) is 19.2. The third kappa shape index (κ3) is 16.7. The summed E-state index contributed by atoms with van der Waals surface area (Å²) in [6.07, 6.45) is 4.88. The van der Waals surface area contributed by atoms with E-state index in [4.69, 9.17) is 4.74 Å². The summed E-state index contributed by atoms with van der Waals surface area (Å²) in [4.78, 5) is 12.4. The molecule has 0 aliphatic carbocycles. The van der Waals surface area contributed by atoms with Crippen LogP contribution >= 0.6 is 24.4 Å². The van der Waals surface area contributed by atoms with Gasteiger partial charge >= 0.3 is 5.97 Å². The zero-order valence-electron chi connectivity index (χ0n) is 42.8. The quantitative estimate of drug-likeness (QED) is 0.0777. The van der Waals surface area contributed by atoms with E-state index in [-0.39, 0.29) is 38.5 Å². The summed E-state index contributed by atoms with van der Waals surface area (Å²) in [5.41, 5.74) is 8.50. The zero-order valence-corrected chi connectivity index (χ0v) is 44.5. The van der Waals surface area contributed by atoms with Crippen LogP contribution in [0.1, 0.15) is 214 Å². The van der Waals surface area contributed by atoms with E-state index in [1.54, 1.807) is 0 Å².